The summed E-state index contributed by atoms with van der Waals surface area (Å²) >= 11 is 0. The van der Waals surface area contributed by atoms with Gasteiger partial charge in [-0.2, -0.15) is 0 Å². The van der Waals surface area contributed by atoms with E-state index in [2.05, 4.69) is 72.1 Å². The fourth-order valence-corrected chi connectivity index (χ4v) is 3.04. The Bertz CT molecular complexity index is 586. The lowest BCUT2D eigenvalue weighted by Gasteiger charge is -2.30. The summed E-state index contributed by atoms with van der Waals surface area (Å²) in [6.45, 7) is 1.01. The van der Waals surface area contributed by atoms with Crippen LogP contribution in [0.25, 0.3) is 6.08 Å². The fourth-order valence-electron chi connectivity index (χ4n) is 3.04. The highest BCUT2D eigenvalue weighted by Gasteiger charge is 2.35. The zero-order valence-electron chi connectivity index (χ0n) is 11.3. The summed E-state index contributed by atoms with van der Waals surface area (Å²) in [5, 5.41) is 3.29. The van der Waals surface area contributed by atoms with Crippen molar-refractivity contribution >= 4 is 6.08 Å². The first-order valence-corrected chi connectivity index (χ1v) is 6.86. The molecule has 0 saturated carbocycles. The smallest absolute Gasteiger partial charge is 0.0403 e. The molecular weight excluding hydrogens is 230 g/mol. The van der Waals surface area contributed by atoms with Crippen LogP contribution in [0, 0.1) is 0 Å². The molecule has 1 N–H and O–H groups in total. The molecule has 2 aromatic rings. The maximum atomic E-state index is 3.29. The maximum Gasteiger partial charge on any atom is 0.0403 e. The van der Waals surface area contributed by atoms with E-state index in [4.69, 9.17) is 0 Å². The summed E-state index contributed by atoms with van der Waals surface area (Å²) in [7, 11) is 2.02. The molecule has 1 nitrogen and oxygen atoms in total. The average molecular weight is 249 g/mol. The van der Waals surface area contributed by atoms with Crippen molar-refractivity contribution in [2.24, 2.45) is 0 Å². The van der Waals surface area contributed by atoms with Gasteiger partial charge < -0.3 is 5.32 Å². The molecule has 0 bridgehead atoms. The Labute approximate surface area is 115 Å². The van der Waals surface area contributed by atoms with E-state index in [1.165, 1.54) is 16.7 Å². The van der Waals surface area contributed by atoms with Crippen LogP contribution in [-0.2, 0) is 5.41 Å². The molecule has 2 aromatic carbocycles. The van der Waals surface area contributed by atoms with Gasteiger partial charge in [-0.05, 0) is 36.7 Å². The van der Waals surface area contributed by atoms with E-state index >= 15 is 0 Å². The van der Waals surface area contributed by atoms with E-state index in [1.807, 2.05) is 7.05 Å². The standard InChI is InChI=1S/C18H19N/c1-19-14-13-18(16-8-3-2-4-9-16)12-11-15-7-5-6-10-17(15)18/h2-12,19H,13-14H2,1H3/t18-/m1/s1. The second-order valence-corrected chi connectivity index (χ2v) is 5.11. The Balaban J connectivity index is 2.12. The molecule has 0 unspecified atom stereocenters. The summed E-state index contributed by atoms with van der Waals surface area (Å²) < 4.78 is 0. The normalized spacial score (nSPS) is 20.5. The molecular formula is C18H19N. The molecule has 1 heteroatoms. The average Bonchev–Trinajstić information content (AvgIpc) is 2.86. The van der Waals surface area contributed by atoms with Crippen molar-refractivity contribution in [3.05, 3.63) is 77.4 Å². The monoisotopic (exact) mass is 249 g/mol. The Morgan fingerprint density at radius 1 is 0.947 bits per heavy atom. The van der Waals surface area contributed by atoms with Crippen LogP contribution in [0.1, 0.15) is 23.1 Å². The number of hydrogen-bond donors (Lipinski definition) is 1. The van der Waals surface area contributed by atoms with Crippen LogP contribution in [-0.4, -0.2) is 13.6 Å². The van der Waals surface area contributed by atoms with Crippen LogP contribution in [0.4, 0.5) is 0 Å². The molecule has 1 atom stereocenters. The van der Waals surface area contributed by atoms with E-state index in [0.717, 1.165) is 13.0 Å². The molecule has 1 aliphatic carbocycles. The molecule has 0 aliphatic heterocycles. The third-order valence-electron chi connectivity index (χ3n) is 4.05. The second kappa shape index (κ2) is 5.02. The first-order valence-electron chi connectivity index (χ1n) is 6.86. The zero-order chi connectivity index (χ0) is 13.1. The predicted molar refractivity (Wildman–Crippen MR) is 81.2 cm³/mol. The highest BCUT2D eigenvalue weighted by molar-refractivity contribution is 5.68. The Kier molecular flexibility index (Phi) is 3.22. The molecule has 96 valence electrons. The van der Waals surface area contributed by atoms with Gasteiger partial charge in [-0.25, -0.2) is 0 Å². The molecule has 0 spiro atoms. The first kappa shape index (κ1) is 12.2. The Morgan fingerprint density at radius 2 is 1.68 bits per heavy atom. The van der Waals surface area contributed by atoms with Gasteiger partial charge in [0.1, 0.15) is 0 Å². The number of benzene rings is 2. The lowest BCUT2D eigenvalue weighted by Crippen LogP contribution is -2.28. The van der Waals surface area contributed by atoms with Crippen molar-refractivity contribution < 1.29 is 0 Å². The largest absolute Gasteiger partial charge is 0.320 e. The van der Waals surface area contributed by atoms with E-state index in [-0.39, 0.29) is 5.41 Å². The minimum Gasteiger partial charge on any atom is -0.320 e. The summed E-state index contributed by atoms with van der Waals surface area (Å²) in [4.78, 5) is 0. The van der Waals surface area contributed by atoms with Gasteiger partial charge in [0.05, 0.1) is 0 Å². The molecule has 19 heavy (non-hydrogen) atoms. The lowest BCUT2D eigenvalue weighted by atomic mass is 9.74. The first-order chi connectivity index (χ1) is 9.37. The number of fused-ring (bicyclic) bond motifs is 1. The van der Waals surface area contributed by atoms with Crippen molar-refractivity contribution in [2.45, 2.75) is 11.8 Å². The molecule has 0 aromatic heterocycles. The lowest BCUT2D eigenvalue weighted by molar-refractivity contribution is 0.564. The molecule has 0 fully saturated rings. The van der Waals surface area contributed by atoms with Gasteiger partial charge in [-0.3, -0.25) is 0 Å². The van der Waals surface area contributed by atoms with Gasteiger partial charge in [0.2, 0.25) is 0 Å². The number of rotatable bonds is 4. The number of allylic oxidation sites excluding steroid dienone is 1. The fraction of sp³-hybridized carbons (Fsp3) is 0.222. The maximum absolute atomic E-state index is 3.29. The highest BCUT2D eigenvalue weighted by Crippen LogP contribution is 2.43. The van der Waals surface area contributed by atoms with Crippen molar-refractivity contribution in [1.82, 2.24) is 5.32 Å². The van der Waals surface area contributed by atoms with Crippen molar-refractivity contribution in [3.8, 4) is 0 Å². The number of nitrogens with one attached hydrogen (secondary N) is 1. The van der Waals surface area contributed by atoms with Gasteiger partial charge in [0, 0.05) is 5.41 Å². The van der Waals surface area contributed by atoms with Crippen molar-refractivity contribution in [2.75, 3.05) is 13.6 Å². The molecule has 0 radical (unpaired) electrons. The zero-order valence-corrected chi connectivity index (χ0v) is 11.3. The topological polar surface area (TPSA) is 12.0 Å². The van der Waals surface area contributed by atoms with Crippen LogP contribution in [0.5, 0.6) is 0 Å². The van der Waals surface area contributed by atoms with E-state index < -0.39 is 0 Å². The van der Waals surface area contributed by atoms with Crippen LogP contribution in [0.15, 0.2) is 60.7 Å². The summed E-state index contributed by atoms with van der Waals surface area (Å²) in [6, 6.07) is 19.5. The van der Waals surface area contributed by atoms with Gasteiger partial charge in [-0.15, -0.1) is 0 Å². The molecule has 0 saturated heterocycles. The summed E-state index contributed by atoms with van der Waals surface area (Å²) in [6.07, 6.45) is 5.71. The summed E-state index contributed by atoms with van der Waals surface area (Å²) in [5.74, 6) is 0. The van der Waals surface area contributed by atoms with Gasteiger partial charge in [0.25, 0.3) is 0 Å². The van der Waals surface area contributed by atoms with Gasteiger partial charge in [-0.1, -0.05) is 66.7 Å². The van der Waals surface area contributed by atoms with Crippen LogP contribution in [0.2, 0.25) is 0 Å². The minimum absolute atomic E-state index is 0.0286. The quantitative estimate of drug-likeness (QED) is 0.873. The van der Waals surface area contributed by atoms with Crippen LogP contribution in [0.3, 0.4) is 0 Å². The SMILES string of the molecule is CNCC[C@@]1(c2ccccc2)C=Cc2ccccc21. The van der Waals surface area contributed by atoms with Gasteiger partial charge >= 0.3 is 0 Å². The summed E-state index contributed by atoms with van der Waals surface area (Å²) in [5.41, 5.74) is 4.19. The molecule has 0 amide bonds. The third kappa shape index (κ3) is 2.00. The minimum atomic E-state index is 0.0286. The third-order valence-corrected chi connectivity index (χ3v) is 4.05. The number of hydrogen-bond acceptors (Lipinski definition) is 1. The van der Waals surface area contributed by atoms with Crippen LogP contribution < -0.4 is 5.32 Å². The van der Waals surface area contributed by atoms with Crippen LogP contribution >= 0.6 is 0 Å². The highest BCUT2D eigenvalue weighted by atomic mass is 14.8. The van der Waals surface area contributed by atoms with E-state index in [0.29, 0.717) is 0 Å². The van der Waals surface area contributed by atoms with Crippen molar-refractivity contribution in [1.29, 1.82) is 0 Å². The second-order valence-electron chi connectivity index (χ2n) is 5.11. The van der Waals surface area contributed by atoms with E-state index in [9.17, 15) is 0 Å². The molecule has 1 aliphatic rings. The van der Waals surface area contributed by atoms with Crippen molar-refractivity contribution in [3.63, 3.8) is 0 Å². The van der Waals surface area contributed by atoms with E-state index in [1.54, 1.807) is 0 Å². The molecule has 0 heterocycles. The Morgan fingerprint density at radius 3 is 2.47 bits per heavy atom. The Hall–Kier alpha value is -1.86. The molecule has 3 rings (SSSR count). The predicted octanol–water partition coefficient (Wildman–Crippen LogP) is 3.61. The van der Waals surface area contributed by atoms with Gasteiger partial charge in [0.15, 0.2) is 0 Å².